The molecule has 0 aliphatic heterocycles. The number of hydrogen-bond acceptors (Lipinski definition) is 4. The molecule has 0 bridgehead atoms. The molecule has 0 saturated heterocycles. The van der Waals surface area contributed by atoms with Gasteiger partial charge in [-0.25, -0.2) is 0 Å². The summed E-state index contributed by atoms with van der Waals surface area (Å²) in [5.74, 6) is 2.33. The highest BCUT2D eigenvalue weighted by molar-refractivity contribution is 5.94. The zero-order valence-corrected chi connectivity index (χ0v) is 23.2. The summed E-state index contributed by atoms with van der Waals surface area (Å²) in [6.07, 6.45) is 12.9. The predicted octanol–water partition coefficient (Wildman–Crippen LogP) is 7.06. The molecule has 1 amide bonds. The van der Waals surface area contributed by atoms with Crippen molar-refractivity contribution in [2.24, 2.45) is 29.6 Å². The van der Waals surface area contributed by atoms with Gasteiger partial charge >= 0.3 is 0 Å². The second-order valence-electron chi connectivity index (χ2n) is 12.1. The smallest absolute Gasteiger partial charge is 0.253 e. The van der Waals surface area contributed by atoms with Crippen LogP contribution in [-0.2, 0) is 16.1 Å². The van der Waals surface area contributed by atoms with Gasteiger partial charge < -0.3 is 19.8 Å². The summed E-state index contributed by atoms with van der Waals surface area (Å²) in [6.45, 7) is 1.13. The summed E-state index contributed by atoms with van der Waals surface area (Å²) in [7, 11) is 0. The molecule has 5 heteroatoms. The lowest BCUT2D eigenvalue weighted by atomic mass is 9.84. The van der Waals surface area contributed by atoms with Crippen molar-refractivity contribution < 1.29 is 19.7 Å². The van der Waals surface area contributed by atoms with Gasteiger partial charge in [-0.1, -0.05) is 80.6 Å². The van der Waals surface area contributed by atoms with Gasteiger partial charge in [0.2, 0.25) is 0 Å². The first-order valence-corrected chi connectivity index (χ1v) is 15.1. The second kappa shape index (κ2) is 13.6. The molecule has 0 unspecified atom stereocenters. The molecule has 5 atom stereocenters. The second-order valence-corrected chi connectivity index (χ2v) is 12.1. The lowest BCUT2D eigenvalue weighted by molar-refractivity contribution is -0.123. The SMILES string of the molecule is O=C(COCC[C@H]1C[C@H]2C[C@@H](O)[C@H](C(O)=CCC3CCCCC3)[C@@H]2C1)N(Cc1ccccc1)c1ccccc1. The number of benzene rings is 2. The van der Waals surface area contributed by atoms with Crippen LogP contribution in [0, 0.1) is 29.6 Å². The maximum absolute atomic E-state index is 13.2. The van der Waals surface area contributed by atoms with E-state index in [4.69, 9.17) is 4.74 Å². The van der Waals surface area contributed by atoms with Crippen LogP contribution in [0.3, 0.4) is 0 Å². The first kappa shape index (κ1) is 27.9. The molecule has 0 spiro atoms. The minimum Gasteiger partial charge on any atom is -0.512 e. The van der Waals surface area contributed by atoms with Crippen LogP contribution < -0.4 is 4.90 Å². The van der Waals surface area contributed by atoms with E-state index in [2.05, 4.69) is 0 Å². The minimum absolute atomic E-state index is 0.0374. The fourth-order valence-corrected chi connectivity index (χ4v) is 7.41. The van der Waals surface area contributed by atoms with E-state index >= 15 is 0 Å². The summed E-state index contributed by atoms with van der Waals surface area (Å²) < 4.78 is 5.92. The Morgan fingerprint density at radius 2 is 1.64 bits per heavy atom. The number of anilines is 1. The number of fused-ring (bicyclic) bond motifs is 1. The predicted molar refractivity (Wildman–Crippen MR) is 155 cm³/mol. The highest BCUT2D eigenvalue weighted by Gasteiger charge is 2.49. The number of allylic oxidation sites excluding steroid dienone is 1. The van der Waals surface area contributed by atoms with Crippen LogP contribution in [0.4, 0.5) is 5.69 Å². The highest BCUT2D eigenvalue weighted by atomic mass is 16.5. The third-order valence-electron chi connectivity index (χ3n) is 9.44. The number of aliphatic hydroxyl groups is 2. The first-order chi connectivity index (χ1) is 19.1. The van der Waals surface area contributed by atoms with Crippen molar-refractivity contribution in [3.8, 4) is 0 Å². The van der Waals surface area contributed by atoms with Crippen molar-refractivity contribution >= 4 is 11.6 Å². The van der Waals surface area contributed by atoms with Crippen LogP contribution in [0.2, 0.25) is 0 Å². The largest absolute Gasteiger partial charge is 0.512 e. The van der Waals surface area contributed by atoms with Gasteiger partial charge in [-0.15, -0.1) is 0 Å². The fraction of sp³-hybridized carbons (Fsp3) is 0.559. The van der Waals surface area contributed by atoms with Crippen molar-refractivity contribution in [3.63, 3.8) is 0 Å². The maximum Gasteiger partial charge on any atom is 0.253 e. The van der Waals surface area contributed by atoms with E-state index in [1.165, 1.54) is 32.1 Å². The van der Waals surface area contributed by atoms with Gasteiger partial charge in [-0.2, -0.15) is 0 Å². The molecule has 3 saturated carbocycles. The molecule has 0 radical (unpaired) electrons. The third-order valence-corrected chi connectivity index (χ3v) is 9.44. The molecular formula is C34H45NO4. The van der Waals surface area contributed by atoms with Gasteiger partial charge in [0.15, 0.2) is 0 Å². The number of aliphatic hydroxyl groups excluding tert-OH is 2. The van der Waals surface area contributed by atoms with E-state index in [0.717, 1.165) is 43.4 Å². The Labute approximate surface area is 233 Å². The Bertz CT molecular complexity index is 1070. The number of carbonyl (C=O) groups is 1. The number of nitrogens with zero attached hydrogens (tertiary/aromatic N) is 1. The van der Waals surface area contributed by atoms with Crippen LogP contribution in [0.25, 0.3) is 0 Å². The summed E-state index contributed by atoms with van der Waals surface area (Å²) in [5.41, 5.74) is 1.96. The molecule has 2 aromatic carbocycles. The monoisotopic (exact) mass is 531 g/mol. The van der Waals surface area contributed by atoms with Crippen molar-refractivity contribution in [1.82, 2.24) is 0 Å². The Kier molecular flexibility index (Phi) is 9.76. The van der Waals surface area contributed by atoms with E-state index in [0.29, 0.717) is 42.6 Å². The molecule has 5 rings (SSSR count). The average Bonchev–Trinajstić information content (AvgIpc) is 3.50. The van der Waals surface area contributed by atoms with E-state index in [9.17, 15) is 15.0 Å². The van der Waals surface area contributed by atoms with Gasteiger partial charge in [-0.05, 0) is 79.5 Å². The van der Waals surface area contributed by atoms with Crippen LogP contribution >= 0.6 is 0 Å². The molecule has 0 aromatic heterocycles. The number of hydrogen-bond donors (Lipinski definition) is 2. The molecule has 5 nitrogen and oxygen atoms in total. The first-order valence-electron chi connectivity index (χ1n) is 15.1. The van der Waals surface area contributed by atoms with E-state index in [1.807, 2.05) is 66.7 Å². The lowest BCUT2D eigenvalue weighted by Crippen LogP contribution is -2.33. The Morgan fingerprint density at radius 3 is 2.38 bits per heavy atom. The normalized spacial score (nSPS) is 27.4. The molecule has 0 heterocycles. The van der Waals surface area contributed by atoms with E-state index in [1.54, 1.807) is 4.90 Å². The Hall–Kier alpha value is -2.63. The number of para-hydroxylation sites is 1. The number of carbonyl (C=O) groups excluding carboxylic acids is 1. The summed E-state index contributed by atoms with van der Waals surface area (Å²) in [6, 6.07) is 19.8. The van der Waals surface area contributed by atoms with Crippen LogP contribution in [0.1, 0.15) is 69.8 Å². The third kappa shape index (κ3) is 7.32. The van der Waals surface area contributed by atoms with Gasteiger partial charge in [0.1, 0.15) is 6.61 Å². The molecule has 2 N–H and O–H groups in total. The zero-order chi connectivity index (χ0) is 27.0. The molecule has 2 aromatic rings. The van der Waals surface area contributed by atoms with Gasteiger partial charge in [-0.3, -0.25) is 4.79 Å². The minimum atomic E-state index is -0.425. The molecule has 3 aliphatic carbocycles. The molecule has 39 heavy (non-hydrogen) atoms. The zero-order valence-electron chi connectivity index (χ0n) is 23.2. The number of rotatable bonds is 11. The lowest BCUT2D eigenvalue weighted by Gasteiger charge is -2.24. The van der Waals surface area contributed by atoms with E-state index in [-0.39, 0.29) is 18.4 Å². The van der Waals surface area contributed by atoms with Crippen molar-refractivity contribution in [2.75, 3.05) is 18.1 Å². The number of ether oxygens (including phenoxy) is 1. The quantitative estimate of drug-likeness (QED) is 0.241. The standard InChI is InChI=1S/C34H45NO4/c36-31(17-16-25-10-4-1-5-11-25)34-30-21-27(20-28(30)22-32(34)37)18-19-39-24-33(38)35(29-14-8-3-9-15-29)23-26-12-6-2-7-13-26/h2-3,6-9,12-15,17,25,27-28,30,32,34,36-37H,1,4-5,10-11,16,18-24H2/t27-,28-,30+,32+,34-/m0/s1. The fourth-order valence-electron chi connectivity index (χ4n) is 7.41. The molecule has 210 valence electrons. The van der Waals surface area contributed by atoms with Crippen LogP contribution in [0.15, 0.2) is 72.5 Å². The van der Waals surface area contributed by atoms with E-state index < -0.39 is 6.10 Å². The summed E-state index contributed by atoms with van der Waals surface area (Å²) in [4.78, 5) is 15.0. The van der Waals surface area contributed by atoms with Gasteiger partial charge in [0.25, 0.3) is 5.91 Å². The molecule has 3 fully saturated rings. The average molecular weight is 532 g/mol. The van der Waals surface area contributed by atoms with Crippen molar-refractivity contribution in [2.45, 2.75) is 76.9 Å². The highest BCUT2D eigenvalue weighted by Crippen LogP contribution is 2.52. The van der Waals surface area contributed by atoms with Gasteiger partial charge in [0, 0.05) is 18.2 Å². The number of amides is 1. The topological polar surface area (TPSA) is 70.0 Å². The summed E-state index contributed by atoms with van der Waals surface area (Å²) in [5, 5.41) is 21.7. The molecule has 3 aliphatic rings. The van der Waals surface area contributed by atoms with Crippen LogP contribution in [0.5, 0.6) is 0 Å². The maximum atomic E-state index is 13.2. The molecular weight excluding hydrogens is 486 g/mol. The van der Waals surface area contributed by atoms with Gasteiger partial charge in [0.05, 0.1) is 18.4 Å². The Morgan fingerprint density at radius 1 is 0.923 bits per heavy atom. The summed E-state index contributed by atoms with van der Waals surface area (Å²) >= 11 is 0. The van der Waals surface area contributed by atoms with Crippen molar-refractivity contribution in [3.05, 3.63) is 78.1 Å². The van der Waals surface area contributed by atoms with Crippen LogP contribution in [-0.4, -0.2) is 35.4 Å². The van der Waals surface area contributed by atoms with Crippen molar-refractivity contribution in [1.29, 1.82) is 0 Å². The Balaban J connectivity index is 1.09.